The largest absolute Gasteiger partial charge is 0.478 e. The summed E-state index contributed by atoms with van der Waals surface area (Å²) < 4.78 is 7.33. The van der Waals surface area contributed by atoms with Crippen molar-refractivity contribution in [3.05, 3.63) is 34.6 Å². The summed E-state index contributed by atoms with van der Waals surface area (Å²) in [5.41, 5.74) is 3.94. The highest BCUT2D eigenvalue weighted by Crippen LogP contribution is 2.27. The Hall–Kier alpha value is -1.88. The maximum Gasteiger partial charge on any atom is 0.337 e. The van der Waals surface area contributed by atoms with E-state index in [9.17, 15) is 9.90 Å². The molecule has 2 aromatic rings. The van der Waals surface area contributed by atoms with Crippen LogP contribution in [-0.4, -0.2) is 33.9 Å². The van der Waals surface area contributed by atoms with Gasteiger partial charge >= 0.3 is 5.97 Å². The molecular weight excluding hydrogens is 280 g/mol. The van der Waals surface area contributed by atoms with Crippen LogP contribution in [0.15, 0.2) is 12.1 Å². The van der Waals surface area contributed by atoms with E-state index in [4.69, 9.17) is 4.74 Å². The quantitative estimate of drug-likeness (QED) is 0.943. The van der Waals surface area contributed by atoms with Crippen LogP contribution in [0.1, 0.15) is 47.1 Å². The zero-order valence-electron chi connectivity index (χ0n) is 13.1. The molecule has 22 heavy (non-hydrogen) atoms. The Morgan fingerprint density at radius 2 is 2.14 bits per heavy atom. The summed E-state index contributed by atoms with van der Waals surface area (Å²) in [4.78, 5) is 11.7. The van der Waals surface area contributed by atoms with Crippen LogP contribution in [-0.2, 0) is 17.6 Å². The molecule has 0 radical (unpaired) electrons. The lowest BCUT2D eigenvalue weighted by molar-refractivity contribution is 0.0656. The molecule has 1 fully saturated rings. The Kier molecular flexibility index (Phi) is 4.16. The molecule has 0 atom stereocenters. The lowest BCUT2D eigenvalue weighted by Gasteiger charge is -2.23. The molecule has 5 nitrogen and oxygen atoms in total. The minimum absolute atomic E-state index is 0.375. The molecule has 2 aromatic heterocycles. The van der Waals surface area contributed by atoms with Crippen LogP contribution < -0.4 is 0 Å². The van der Waals surface area contributed by atoms with Gasteiger partial charge in [0.1, 0.15) is 0 Å². The van der Waals surface area contributed by atoms with Gasteiger partial charge in [-0.05, 0) is 56.2 Å². The highest BCUT2D eigenvalue weighted by atomic mass is 16.5. The number of rotatable bonds is 4. The molecule has 1 aliphatic rings. The zero-order chi connectivity index (χ0) is 15.7. The van der Waals surface area contributed by atoms with Crippen molar-refractivity contribution in [2.45, 2.75) is 39.5 Å². The molecule has 0 saturated carbocycles. The SMILES string of the molecule is CCc1ccc2c(CC3CCOCC3)c(C(=O)O)c(C)nn12. The molecular formula is C17H22N2O3. The van der Waals surface area contributed by atoms with Crippen LogP contribution in [0.25, 0.3) is 5.52 Å². The standard InChI is InChI=1S/C17H22N2O3/c1-3-13-4-5-15-14(10-12-6-8-22-9-7-12)16(17(20)21)11(2)18-19(13)15/h4-5,12H,3,6-10H2,1-2H3,(H,20,21). The lowest BCUT2D eigenvalue weighted by atomic mass is 9.90. The van der Waals surface area contributed by atoms with E-state index in [1.54, 1.807) is 6.92 Å². The molecule has 3 rings (SSSR count). The Bertz CT molecular complexity index is 699. The second kappa shape index (κ2) is 6.08. The van der Waals surface area contributed by atoms with Gasteiger partial charge in [0, 0.05) is 18.9 Å². The summed E-state index contributed by atoms with van der Waals surface area (Å²) in [6.07, 6.45) is 3.65. The third kappa shape index (κ3) is 2.61. The van der Waals surface area contributed by atoms with E-state index in [2.05, 4.69) is 12.0 Å². The summed E-state index contributed by atoms with van der Waals surface area (Å²) in [7, 11) is 0. The van der Waals surface area contributed by atoms with E-state index in [0.717, 1.165) is 55.7 Å². The number of hydrogen-bond donors (Lipinski definition) is 1. The minimum Gasteiger partial charge on any atom is -0.478 e. The van der Waals surface area contributed by atoms with Crippen molar-refractivity contribution in [3.8, 4) is 0 Å². The van der Waals surface area contributed by atoms with Crippen molar-refractivity contribution in [1.82, 2.24) is 9.61 Å². The Balaban J connectivity index is 2.12. The first-order chi connectivity index (χ1) is 10.6. The highest BCUT2D eigenvalue weighted by Gasteiger charge is 2.23. The normalized spacial score (nSPS) is 16.3. The Morgan fingerprint density at radius 1 is 1.41 bits per heavy atom. The molecule has 0 bridgehead atoms. The third-order valence-corrected chi connectivity index (χ3v) is 4.57. The van der Waals surface area contributed by atoms with E-state index < -0.39 is 5.97 Å². The number of aromatic carboxylic acids is 1. The van der Waals surface area contributed by atoms with Crippen molar-refractivity contribution in [2.75, 3.05) is 13.2 Å². The van der Waals surface area contributed by atoms with Crippen LogP contribution in [0.5, 0.6) is 0 Å². The molecule has 1 saturated heterocycles. The molecule has 5 heteroatoms. The molecule has 3 heterocycles. The van der Waals surface area contributed by atoms with Gasteiger partial charge in [-0.3, -0.25) is 0 Å². The van der Waals surface area contributed by atoms with Gasteiger partial charge in [0.05, 0.1) is 16.8 Å². The number of carboxylic acids is 1. The van der Waals surface area contributed by atoms with Gasteiger partial charge in [-0.15, -0.1) is 0 Å². The lowest BCUT2D eigenvalue weighted by Crippen LogP contribution is -2.20. The summed E-state index contributed by atoms with van der Waals surface area (Å²) >= 11 is 0. The summed E-state index contributed by atoms with van der Waals surface area (Å²) in [6.45, 7) is 5.42. The molecule has 1 aliphatic heterocycles. The van der Waals surface area contributed by atoms with E-state index in [0.29, 0.717) is 17.2 Å². The molecule has 0 aromatic carbocycles. The van der Waals surface area contributed by atoms with Gasteiger partial charge in [0.2, 0.25) is 0 Å². The summed E-state index contributed by atoms with van der Waals surface area (Å²) in [6, 6.07) is 4.05. The summed E-state index contributed by atoms with van der Waals surface area (Å²) in [5, 5.41) is 14.1. The Labute approximate surface area is 129 Å². The fourth-order valence-electron chi connectivity index (χ4n) is 3.36. The molecule has 0 unspecified atom stereocenters. The van der Waals surface area contributed by atoms with E-state index in [1.807, 2.05) is 16.6 Å². The first kappa shape index (κ1) is 15.0. The van der Waals surface area contributed by atoms with E-state index in [1.165, 1.54) is 0 Å². The fraction of sp³-hybridized carbons (Fsp3) is 0.529. The van der Waals surface area contributed by atoms with Crippen molar-refractivity contribution in [3.63, 3.8) is 0 Å². The number of carboxylic acid groups (broad SMARTS) is 1. The number of ether oxygens (including phenoxy) is 1. The van der Waals surface area contributed by atoms with E-state index >= 15 is 0 Å². The van der Waals surface area contributed by atoms with Gasteiger partial charge in [0.15, 0.2) is 0 Å². The molecule has 0 amide bonds. The number of aryl methyl sites for hydroxylation is 2. The minimum atomic E-state index is -0.881. The van der Waals surface area contributed by atoms with Crippen LogP contribution in [0.4, 0.5) is 0 Å². The van der Waals surface area contributed by atoms with Crippen LogP contribution in [0, 0.1) is 12.8 Å². The van der Waals surface area contributed by atoms with Gasteiger partial charge in [-0.1, -0.05) is 6.92 Å². The summed E-state index contributed by atoms with van der Waals surface area (Å²) in [5.74, 6) is -0.397. The smallest absolute Gasteiger partial charge is 0.337 e. The van der Waals surface area contributed by atoms with Crippen molar-refractivity contribution in [1.29, 1.82) is 0 Å². The van der Waals surface area contributed by atoms with Crippen LogP contribution in [0.2, 0.25) is 0 Å². The van der Waals surface area contributed by atoms with E-state index in [-0.39, 0.29) is 0 Å². The molecule has 1 N–H and O–H groups in total. The van der Waals surface area contributed by atoms with Crippen LogP contribution >= 0.6 is 0 Å². The maximum atomic E-state index is 11.7. The number of nitrogens with zero attached hydrogens (tertiary/aromatic N) is 2. The maximum absolute atomic E-state index is 11.7. The second-order valence-corrected chi connectivity index (χ2v) is 5.98. The first-order valence-electron chi connectivity index (χ1n) is 7.93. The molecule has 118 valence electrons. The van der Waals surface area contributed by atoms with Crippen molar-refractivity contribution >= 4 is 11.5 Å². The van der Waals surface area contributed by atoms with Crippen molar-refractivity contribution < 1.29 is 14.6 Å². The monoisotopic (exact) mass is 302 g/mol. The van der Waals surface area contributed by atoms with Crippen molar-refractivity contribution in [2.24, 2.45) is 5.92 Å². The first-order valence-corrected chi connectivity index (χ1v) is 7.93. The van der Waals surface area contributed by atoms with Crippen LogP contribution in [0.3, 0.4) is 0 Å². The van der Waals surface area contributed by atoms with Gasteiger partial charge in [-0.25, -0.2) is 9.31 Å². The number of hydrogen-bond acceptors (Lipinski definition) is 3. The fourth-order valence-corrected chi connectivity index (χ4v) is 3.36. The highest BCUT2D eigenvalue weighted by molar-refractivity contribution is 5.92. The van der Waals surface area contributed by atoms with Gasteiger partial charge in [0.25, 0.3) is 0 Å². The number of fused-ring (bicyclic) bond motifs is 1. The number of carbonyl (C=O) groups is 1. The Morgan fingerprint density at radius 3 is 2.77 bits per heavy atom. The predicted octanol–water partition coefficient (Wildman–Crippen LogP) is 2.87. The average molecular weight is 302 g/mol. The predicted molar refractivity (Wildman–Crippen MR) is 83.5 cm³/mol. The topological polar surface area (TPSA) is 63.8 Å². The second-order valence-electron chi connectivity index (χ2n) is 5.98. The molecule has 0 spiro atoms. The zero-order valence-corrected chi connectivity index (χ0v) is 13.1. The third-order valence-electron chi connectivity index (χ3n) is 4.57. The average Bonchev–Trinajstić information content (AvgIpc) is 2.90. The van der Waals surface area contributed by atoms with Gasteiger partial charge < -0.3 is 9.84 Å². The number of aromatic nitrogens is 2. The molecule has 0 aliphatic carbocycles. The van der Waals surface area contributed by atoms with Gasteiger partial charge in [-0.2, -0.15) is 5.10 Å².